The summed E-state index contributed by atoms with van der Waals surface area (Å²) in [5.41, 5.74) is -1.87. The minimum atomic E-state index is -4.88. The molecule has 0 spiro atoms. The van der Waals surface area contributed by atoms with Crippen LogP contribution < -0.4 is 10.0 Å². The predicted molar refractivity (Wildman–Crippen MR) is 101 cm³/mol. The summed E-state index contributed by atoms with van der Waals surface area (Å²) in [6.07, 6.45) is -4.88. The van der Waals surface area contributed by atoms with Crippen LogP contribution in [0.25, 0.3) is 0 Å². The fraction of sp³-hybridized carbons (Fsp3) is 0.556. The summed E-state index contributed by atoms with van der Waals surface area (Å²) in [7, 11) is -3.34. The molecule has 2 atom stereocenters. The number of benzene rings is 1. The van der Waals surface area contributed by atoms with Gasteiger partial charge in [-0.25, -0.2) is 8.42 Å². The minimum Gasteiger partial charge on any atom is -0.350 e. The number of hydrogen-bond acceptors (Lipinski definition) is 4. The van der Waals surface area contributed by atoms with Gasteiger partial charge in [0.25, 0.3) is 0 Å². The lowest BCUT2D eigenvalue weighted by Crippen LogP contribution is -2.54. The van der Waals surface area contributed by atoms with Crippen LogP contribution in [0.4, 0.5) is 13.2 Å². The van der Waals surface area contributed by atoms with E-state index in [0.29, 0.717) is 6.07 Å². The van der Waals surface area contributed by atoms with E-state index in [4.69, 9.17) is 0 Å². The second-order valence-corrected chi connectivity index (χ2v) is 9.38. The average Bonchev–Trinajstić information content (AvgIpc) is 2.57. The van der Waals surface area contributed by atoms with E-state index in [0.717, 1.165) is 23.1 Å². The van der Waals surface area contributed by atoms with Gasteiger partial charge in [0.05, 0.1) is 16.5 Å². The summed E-state index contributed by atoms with van der Waals surface area (Å²) in [6.45, 7) is 7.93. The quantitative estimate of drug-likeness (QED) is 0.713. The molecular weight excluding hydrogens is 411 g/mol. The van der Waals surface area contributed by atoms with E-state index in [9.17, 15) is 31.2 Å². The second kappa shape index (κ2) is 8.70. The summed E-state index contributed by atoms with van der Waals surface area (Å²) in [4.78, 5) is 24.8. The van der Waals surface area contributed by atoms with Gasteiger partial charge in [0.15, 0.2) is 0 Å². The first-order valence-electron chi connectivity index (χ1n) is 8.74. The van der Waals surface area contributed by atoms with Crippen LogP contribution >= 0.6 is 0 Å². The van der Waals surface area contributed by atoms with E-state index in [1.807, 2.05) is 4.72 Å². The smallest absolute Gasteiger partial charge is 0.350 e. The zero-order valence-electron chi connectivity index (χ0n) is 17.1. The van der Waals surface area contributed by atoms with E-state index in [1.165, 1.54) is 20.9 Å². The van der Waals surface area contributed by atoms with Gasteiger partial charge in [0.1, 0.15) is 6.04 Å². The van der Waals surface area contributed by atoms with Crippen molar-refractivity contribution in [1.29, 1.82) is 0 Å². The van der Waals surface area contributed by atoms with Crippen LogP contribution in [0.2, 0.25) is 0 Å². The molecule has 0 radical (unpaired) electrons. The van der Waals surface area contributed by atoms with E-state index >= 15 is 0 Å². The van der Waals surface area contributed by atoms with Gasteiger partial charge < -0.3 is 10.2 Å². The Morgan fingerprint density at radius 3 is 2.07 bits per heavy atom. The Bertz CT molecular complexity index is 864. The third-order valence-electron chi connectivity index (χ3n) is 3.99. The molecule has 0 fully saturated rings. The Hall–Kier alpha value is -2.14. The molecule has 1 aromatic carbocycles. The molecule has 0 unspecified atom stereocenters. The van der Waals surface area contributed by atoms with Gasteiger partial charge in [-0.3, -0.25) is 9.59 Å². The highest BCUT2D eigenvalue weighted by Gasteiger charge is 2.38. The number of sulfonamides is 1. The first kappa shape index (κ1) is 24.9. The van der Waals surface area contributed by atoms with E-state index in [-0.39, 0.29) is 0 Å². The summed E-state index contributed by atoms with van der Waals surface area (Å²) in [6, 6.07) is 1.37. The second-order valence-electron chi connectivity index (χ2n) is 7.70. The maximum absolute atomic E-state index is 13.1. The molecule has 0 saturated carbocycles. The predicted octanol–water partition coefficient (Wildman–Crippen LogP) is 2.13. The number of alkyl halides is 3. The molecule has 0 aromatic heterocycles. The largest absolute Gasteiger partial charge is 0.417 e. The van der Waals surface area contributed by atoms with Gasteiger partial charge in [0.2, 0.25) is 21.8 Å². The van der Waals surface area contributed by atoms with Crippen LogP contribution in [0.1, 0.15) is 40.2 Å². The molecule has 0 bridgehead atoms. The number of nitrogens with one attached hydrogen (secondary N) is 2. The minimum absolute atomic E-state index is 0.453. The lowest BCUT2D eigenvalue weighted by molar-refractivity contribution is -0.140. The Morgan fingerprint density at radius 2 is 1.59 bits per heavy atom. The molecule has 0 heterocycles. The van der Waals surface area contributed by atoms with Gasteiger partial charge in [-0.2, -0.15) is 17.9 Å². The number of likely N-dealkylation sites (N-methyl/N-ethyl adjacent to an activating group) is 1. The highest BCUT2D eigenvalue weighted by molar-refractivity contribution is 7.89. The van der Waals surface area contributed by atoms with Crippen molar-refractivity contribution in [3.05, 3.63) is 29.8 Å². The monoisotopic (exact) mass is 437 g/mol. The van der Waals surface area contributed by atoms with Crippen molar-refractivity contribution in [2.75, 3.05) is 7.05 Å². The molecule has 164 valence electrons. The van der Waals surface area contributed by atoms with Gasteiger partial charge in [-0.05, 0) is 46.8 Å². The zero-order valence-corrected chi connectivity index (χ0v) is 17.9. The number of carbonyl (C=O) groups excluding carboxylic acids is 2. The third kappa shape index (κ3) is 6.70. The molecule has 0 aliphatic carbocycles. The lowest BCUT2D eigenvalue weighted by atomic mass is 10.1. The van der Waals surface area contributed by atoms with Crippen molar-refractivity contribution in [1.82, 2.24) is 14.9 Å². The van der Waals surface area contributed by atoms with Crippen LogP contribution in [0.15, 0.2) is 29.2 Å². The molecule has 0 aliphatic heterocycles. The zero-order chi connectivity index (χ0) is 22.8. The standard InChI is InChI=1S/C18H26F3N3O4S/c1-11(16(26)24(6)12(2)15(25)22-17(3,4)5)23-29(27,28)14-10-8-7-9-13(14)18(19,20)21/h7-12,23H,1-6H3,(H,22,25)/t11-,12+/m0/s1. The highest BCUT2D eigenvalue weighted by Crippen LogP contribution is 2.33. The van der Waals surface area contributed by atoms with Crippen molar-refractivity contribution < 1.29 is 31.2 Å². The highest BCUT2D eigenvalue weighted by atomic mass is 32.2. The Kier molecular flexibility index (Phi) is 7.47. The molecule has 0 saturated heterocycles. The number of halogens is 3. The van der Waals surface area contributed by atoms with Crippen LogP contribution in [0.3, 0.4) is 0 Å². The summed E-state index contributed by atoms with van der Waals surface area (Å²) in [5, 5.41) is 2.70. The molecule has 7 nitrogen and oxygen atoms in total. The molecule has 2 N–H and O–H groups in total. The SMILES string of the molecule is C[C@H](NS(=O)(=O)c1ccccc1C(F)(F)F)C(=O)N(C)[C@H](C)C(=O)NC(C)(C)C. The van der Waals surface area contributed by atoms with Crippen LogP contribution in [-0.4, -0.2) is 49.8 Å². The van der Waals surface area contributed by atoms with E-state index < -0.39 is 56.1 Å². The molecule has 0 aliphatic rings. The van der Waals surface area contributed by atoms with Crippen molar-refractivity contribution in [3.63, 3.8) is 0 Å². The molecule has 1 rings (SSSR count). The average molecular weight is 437 g/mol. The van der Waals surface area contributed by atoms with Gasteiger partial charge in [-0.1, -0.05) is 12.1 Å². The molecule has 11 heteroatoms. The van der Waals surface area contributed by atoms with E-state index in [1.54, 1.807) is 20.8 Å². The van der Waals surface area contributed by atoms with Crippen molar-refractivity contribution in [2.45, 2.75) is 63.3 Å². The van der Waals surface area contributed by atoms with Crippen molar-refractivity contribution in [3.8, 4) is 0 Å². The Morgan fingerprint density at radius 1 is 1.07 bits per heavy atom. The van der Waals surface area contributed by atoms with Gasteiger partial charge in [0, 0.05) is 12.6 Å². The van der Waals surface area contributed by atoms with Crippen molar-refractivity contribution in [2.24, 2.45) is 0 Å². The van der Waals surface area contributed by atoms with Crippen LogP contribution in [0.5, 0.6) is 0 Å². The first-order valence-corrected chi connectivity index (χ1v) is 10.2. The number of carbonyl (C=O) groups is 2. The molecule has 2 amide bonds. The topological polar surface area (TPSA) is 95.6 Å². The number of hydrogen-bond donors (Lipinski definition) is 2. The molecule has 29 heavy (non-hydrogen) atoms. The fourth-order valence-electron chi connectivity index (χ4n) is 2.43. The fourth-order valence-corrected chi connectivity index (χ4v) is 3.85. The molecule has 1 aromatic rings. The Labute approximate surface area is 168 Å². The number of amides is 2. The van der Waals surface area contributed by atoms with Crippen LogP contribution in [0, 0.1) is 0 Å². The normalized spacial score (nSPS) is 14.8. The maximum Gasteiger partial charge on any atom is 0.417 e. The maximum atomic E-state index is 13.1. The lowest BCUT2D eigenvalue weighted by Gasteiger charge is -2.30. The Balaban J connectivity index is 3.02. The van der Waals surface area contributed by atoms with Gasteiger partial charge in [-0.15, -0.1) is 0 Å². The number of rotatable bonds is 6. The van der Waals surface area contributed by atoms with Crippen LogP contribution in [-0.2, 0) is 25.8 Å². The van der Waals surface area contributed by atoms with Gasteiger partial charge >= 0.3 is 6.18 Å². The number of nitrogens with zero attached hydrogens (tertiary/aromatic N) is 1. The summed E-state index contributed by atoms with van der Waals surface area (Å²) >= 11 is 0. The van der Waals surface area contributed by atoms with E-state index in [2.05, 4.69) is 5.32 Å². The third-order valence-corrected chi connectivity index (χ3v) is 5.59. The summed E-state index contributed by atoms with van der Waals surface area (Å²) < 4.78 is 66.3. The molecular formula is C18H26F3N3O4S. The summed E-state index contributed by atoms with van der Waals surface area (Å²) in [5.74, 6) is -1.22. The van der Waals surface area contributed by atoms with Crippen molar-refractivity contribution >= 4 is 21.8 Å². The first-order chi connectivity index (χ1) is 13.0.